The first kappa shape index (κ1) is 17.5. The Balaban J connectivity index is 0. The third-order valence-corrected chi connectivity index (χ3v) is 1.69. The zero-order valence-electron chi connectivity index (χ0n) is 12.0. The maximum Gasteiger partial charge on any atom is 0.225 e. The molecular formula is C13H27NO2. The Hall–Kier alpha value is -0.860. The number of carbonyl (C=O) groups is 2. The van der Waals surface area contributed by atoms with E-state index in [-0.39, 0.29) is 22.5 Å². The number of Topliss-reactive ketones (excluding diaryl/α,β-unsaturated/α-hetero) is 1. The van der Waals surface area contributed by atoms with E-state index in [0.29, 0.717) is 6.42 Å². The Kier molecular flexibility index (Phi) is 7.30. The van der Waals surface area contributed by atoms with Crippen LogP contribution in [0.1, 0.15) is 54.9 Å². The second-order valence-corrected chi connectivity index (χ2v) is 6.27. The van der Waals surface area contributed by atoms with Crippen LogP contribution in [-0.4, -0.2) is 18.7 Å². The van der Waals surface area contributed by atoms with Gasteiger partial charge in [-0.1, -0.05) is 41.5 Å². The van der Waals surface area contributed by atoms with E-state index < -0.39 is 0 Å². The van der Waals surface area contributed by atoms with Crippen LogP contribution < -0.4 is 5.32 Å². The van der Waals surface area contributed by atoms with E-state index in [1.54, 1.807) is 14.0 Å². The first-order chi connectivity index (χ1) is 6.90. The average Bonchev–Trinajstić information content (AvgIpc) is 1.97. The average molecular weight is 229 g/mol. The lowest BCUT2D eigenvalue weighted by Crippen LogP contribution is -2.31. The minimum Gasteiger partial charge on any atom is -0.359 e. The summed E-state index contributed by atoms with van der Waals surface area (Å²) in [4.78, 5) is 21.2. The van der Waals surface area contributed by atoms with Crippen molar-refractivity contribution in [2.24, 2.45) is 10.8 Å². The molecule has 3 nitrogen and oxygen atoms in total. The molecule has 0 radical (unpaired) electrons. The highest BCUT2D eigenvalue weighted by atomic mass is 16.2. The predicted octanol–water partition coefficient (Wildman–Crippen LogP) is 2.79. The van der Waals surface area contributed by atoms with E-state index in [1.165, 1.54) is 0 Å². The summed E-state index contributed by atoms with van der Waals surface area (Å²) in [6.45, 7) is 13.5. The Morgan fingerprint density at radius 3 is 1.38 bits per heavy atom. The minimum atomic E-state index is -0.241. The Labute approximate surface area is 100.0 Å². The second kappa shape index (κ2) is 6.66. The number of rotatable bonds is 1. The van der Waals surface area contributed by atoms with Gasteiger partial charge in [0, 0.05) is 18.9 Å². The van der Waals surface area contributed by atoms with Crippen LogP contribution >= 0.6 is 0 Å². The molecule has 0 aromatic carbocycles. The molecule has 0 bridgehead atoms. The monoisotopic (exact) mass is 229 g/mol. The van der Waals surface area contributed by atoms with E-state index in [9.17, 15) is 9.59 Å². The fourth-order valence-electron chi connectivity index (χ4n) is 1.12. The molecule has 0 heterocycles. The Morgan fingerprint density at radius 1 is 1.00 bits per heavy atom. The van der Waals surface area contributed by atoms with Crippen molar-refractivity contribution in [3.05, 3.63) is 0 Å². The number of hydrogen-bond donors (Lipinski definition) is 1. The third kappa shape index (κ3) is 13.1. The molecule has 0 spiro atoms. The smallest absolute Gasteiger partial charge is 0.225 e. The quantitative estimate of drug-likeness (QED) is 0.751. The highest BCUT2D eigenvalue weighted by molar-refractivity contribution is 5.80. The number of carbonyl (C=O) groups excluding carboxylic acids is 2. The maximum atomic E-state index is 10.7. The minimum absolute atomic E-state index is 0.0810. The summed E-state index contributed by atoms with van der Waals surface area (Å²) in [7, 11) is 1.65. The van der Waals surface area contributed by atoms with Crippen LogP contribution in [0.2, 0.25) is 0 Å². The van der Waals surface area contributed by atoms with Crippen molar-refractivity contribution < 1.29 is 9.59 Å². The molecule has 1 N–H and O–H groups in total. The number of hydrogen-bond acceptors (Lipinski definition) is 2. The number of amides is 1. The number of ketones is 1. The zero-order valence-corrected chi connectivity index (χ0v) is 12.0. The summed E-state index contributed by atoms with van der Waals surface area (Å²) in [5.74, 6) is 0.356. The summed E-state index contributed by atoms with van der Waals surface area (Å²) < 4.78 is 0. The molecule has 16 heavy (non-hydrogen) atoms. The van der Waals surface area contributed by atoms with Gasteiger partial charge in [-0.25, -0.2) is 0 Å². The van der Waals surface area contributed by atoms with Gasteiger partial charge in [-0.2, -0.15) is 0 Å². The van der Waals surface area contributed by atoms with E-state index >= 15 is 0 Å². The van der Waals surface area contributed by atoms with Crippen LogP contribution in [0.25, 0.3) is 0 Å². The van der Waals surface area contributed by atoms with Gasteiger partial charge in [0.2, 0.25) is 5.91 Å². The summed E-state index contributed by atoms with van der Waals surface area (Å²) in [6.07, 6.45) is 0.687. The van der Waals surface area contributed by atoms with E-state index in [4.69, 9.17) is 0 Å². The van der Waals surface area contributed by atoms with Gasteiger partial charge in [0.05, 0.1) is 0 Å². The third-order valence-electron chi connectivity index (χ3n) is 1.69. The summed E-state index contributed by atoms with van der Waals surface area (Å²) in [5.41, 5.74) is -0.0689. The molecule has 0 aliphatic rings. The van der Waals surface area contributed by atoms with Crippen LogP contribution in [0.4, 0.5) is 0 Å². The van der Waals surface area contributed by atoms with Gasteiger partial charge in [-0.15, -0.1) is 0 Å². The topological polar surface area (TPSA) is 46.2 Å². The van der Waals surface area contributed by atoms with Crippen molar-refractivity contribution in [1.82, 2.24) is 5.32 Å². The normalized spacial score (nSPS) is 11.2. The molecule has 0 aliphatic heterocycles. The lowest BCUT2D eigenvalue weighted by atomic mass is 9.91. The molecule has 0 saturated carbocycles. The van der Waals surface area contributed by atoms with Crippen molar-refractivity contribution in [3.8, 4) is 0 Å². The van der Waals surface area contributed by atoms with Crippen LogP contribution in [0.15, 0.2) is 0 Å². The fourth-order valence-corrected chi connectivity index (χ4v) is 1.12. The van der Waals surface area contributed by atoms with Crippen molar-refractivity contribution in [2.75, 3.05) is 7.05 Å². The van der Waals surface area contributed by atoms with Crippen molar-refractivity contribution in [2.45, 2.75) is 54.9 Å². The van der Waals surface area contributed by atoms with Gasteiger partial charge in [0.25, 0.3) is 0 Å². The number of nitrogens with one attached hydrogen (secondary N) is 1. The second-order valence-electron chi connectivity index (χ2n) is 6.27. The van der Waals surface area contributed by atoms with Gasteiger partial charge in [-0.05, 0) is 12.3 Å². The molecule has 0 saturated heterocycles. The summed E-state index contributed by atoms with van der Waals surface area (Å²) >= 11 is 0. The summed E-state index contributed by atoms with van der Waals surface area (Å²) in [5, 5.41) is 2.57. The lowest BCUT2D eigenvalue weighted by Gasteiger charge is -2.14. The van der Waals surface area contributed by atoms with Crippen LogP contribution in [0.3, 0.4) is 0 Å². The van der Waals surface area contributed by atoms with Gasteiger partial charge in [0.1, 0.15) is 5.78 Å². The Bertz CT molecular complexity index is 231. The first-order valence-electron chi connectivity index (χ1n) is 5.62. The molecule has 0 aromatic rings. The van der Waals surface area contributed by atoms with Gasteiger partial charge in [0.15, 0.2) is 0 Å². The molecule has 0 aliphatic carbocycles. The van der Waals surface area contributed by atoms with Crippen LogP contribution in [0, 0.1) is 10.8 Å². The van der Waals surface area contributed by atoms with Gasteiger partial charge < -0.3 is 10.1 Å². The van der Waals surface area contributed by atoms with E-state index in [0.717, 1.165) is 0 Å². The van der Waals surface area contributed by atoms with Crippen molar-refractivity contribution in [1.29, 1.82) is 0 Å². The molecule has 3 heteroatoms. The predicted molar refractivity (Wildman–Crippen MR) is 68.3 cm³/mol. The van der Waals surface area contributed by atoms with Crippen LogP contribution in [-0.2, 0) is 9.59 Å². The van der Waals surface area contributed by atoms with Gasteiger partial charge >= 0.3 is 0 Å². The molecule has 0 rings (SSSR count). The highest BCUT2D eigenvalue weighted by Gasteiger charge is 2.18. The van der Waals surface area contributed by atoms with E-state index in [1.807, 2.05) is 20.8 Å². The van der Waals surface area contributed by atoms with Crippen molar-refractivity contribution in [3.63, 3.8) is 0 Å². The van der Waals surface area contributed by atoms with Gasteiger partial charge in [-0.3, -0.25) is 4.79 Å². The first-order valence-corrected chi connectivity index (χ1v) is 5.62. The molecule has 96 valence electrons. The molecule has 0 aromatic heterocycles. The zero-order chi connectivity index (χ0) is 13.6. The highest BCUT2D eigenvalue weighted by Crippen LogP contribution is 2.17. The standard InChI is InChI=1S/C7H14O.C6H13NO/c1-6(8)5-7(2,3)4;1-6(2,3)5(8)7-4/h5H2,1-4H3;1-4H3,(H,7,8). The molecular weight excluding hydrogens is 202 g/mol. The molecule has 0 atom stereocenters. The van der Waals surface area contributed by atoms with E-state index in [2.05, 4.69) is 26.1 Å². The summed E-state index contributed by atoms with van der Waals surface area (Å²) in [6, 6.07) is 0. The fraction of sp³-hybridized carbons (Fsp3) is 0.846. The Morgan fingerprint density at radius 2 is 1.38 bits per heavy atom. The molecule has 1 amide bonds. The lowest BCUT2D eigenvalue weighted by molar-refractivity contribution is -0.128. The molecule has 0 unspecified atom stereocenters. The maximum absolute atomic E-state index is 10.7. The van der Waals surface area contributed by atoms with Crippen molar-refractivity contribution >= 4 is 11.7 Å². The SMILES string of the molecule is CC(=O)CC(C)(C)C.CNC(=O)C(C)(C)C. The largest absolute Gasteiger partial charge is 0.359 e. The van der Waals surface area contributed by atoms with Crippen LogP contribution in [0.5, 0.6) is 0 Å². The molecule has 0 fully saturated rings.